The molecule has 220 valence electrons. The summed E-state index contributed by atoms with van der Waals surface area (Å²) in [5.41, 5.74) is 4.06. The molecule has 2 N–H and O–H groups in total. The lowest BCUT2D eigenvalue weighted by Gasteiger charge is -2.34. The fourth-order valence-corrected chi connectivity index (χ4v) is 5.87. The SMILES string of the molecule is COc1cc([C@H](C(=O)NC2CCCCC2)N(C(=O)Cc2c[nH]c3ccccc23)c2ccc(C)cc2)cc(OC)c1OC. The largest absolute Gasteiger partial charge is 0.493 e. The van der Waals surface area contributed by atoms with Gasteiger partial charge in [0.1, 0.15) is 6.04 Å². The molecule has 3 aromatic carbocycles. The van der Waals surface area contributed by atoms with E-state index in [-0.39, 0.29) is 24.3 Å². The van der Waals surface area contributed by atoms with Crippen LogP contribution in [0.5, 0.6) is 17.2 Å². The molecule has 5 rings (SSSR count). The summed E-state index contributed by atoms with van der Waals surface area (Å²) >= 11 is 0. The fraction of sp³-hybridized carbons (Fsp3) is 0.353. The van der Waals surface area contributed by atoms with Crippen LogP contribution in [0.1, 0.15) is 54.8 Å². The molecule has 0 bridgehead atoms. The summed E-state index contributed by atoms with van der Waals surface area (Å²) in [7, 11) is 4.62. The predicted octanol–water partition coefficient (Wildman–Crippen LogP) is 6.27. The normalized spacial score (nSPS) is 14.3. The number of aromatic amines is 1. The van der Waals surface area contributed by atoms with Crippen molar-refractivity contribution in [3.63, 3.8) is 0 Å². The highest BCUT2D eigenvalue weighted by molar-refractivity contribution is 6.03. The van der Waals surface area contributed by atoms with E-state index in [0.29, 0.717) is 28.5 Å². The van der Waals surface area contributed by atoms with Gasteiger partial charge in [0.25, 0.3) is 0 Å². The Bertz CT molecular complexity index is 1510. The van der Waals surface area contributed by atoms with E-state index in [1.807, 2.05) is 61.7 Å². The summed E-state index contributed by atoms with van der Waals surface area (Å²) in [4.78, 5) is 33.6. The van der Waals surface area contributed by atoms with E-state index in [1.165, 1.54) is 27.8 Å². The number of nitrogens with one attached hydrogen (secondary N) is 2. The first-order chi connectivity index (χ1) is 20.4. The number of fused-ring (bicyclic) bond motifs is 1. The number of H-pyrrole nitrogens is 1. The molecule has 8 heteroatoms. The fourth-order valence-electron chi connectivity index (χ4n) is 5.87. The van der Waals surface area contributed by atoms with Gasteiger partial charge in [0.15, 0.2) is 11.5 Å². The number of para-hydroxylation sites is 1. The summed E-state index contributed by atoms with van der Waals surface area (Å²) in [6.07, 6.45) is 7.12. The molecule has 1 aliphatic carbocycles. The van der Waals surface area contributed by atoms with Gasteiger partial charge in [-0.15, -0.1) is 0 Å². The van der Waals surface area contributed by atoms with Crippen LogP contribution in [0, 0.1) is 6.92 Å². The number of carbonyl (C=O) groups is 2. The number of nitrogens with zero attached hydrogens (tertiary/aromatic N) is 1. The minimum atomic E-state index is -0.985. The number of carbonyl (C=O) groups excluding carboxylic acids is 2. The number of rotatable bonds is 10. The molecule has 1 atom stereocenters. The number of anilines is 1. The molecular formula is C34H39N3O5. The number of hydrogen-bond donors (Lipinski definition) is 2. The Labute approximate surface area is 247 Å². The van der Waals surface area contributed by atoms with Crippen molar-refractivity contribution in [1.29, 1.82) is 0 Å². The topological polar surface area (TPSA) is 92.9 Å². The van der Waals surface area contributed by atoms with Crippen molar-refractivity contribution in [3.8, 4) is 17.2 Å². The van der Waals surface area contributed by atoms with E-state index < -0.39 is 6.04 Å². The highest BCUT2D eigenvalue weighted by Crippen LogP contribution is 2.42. The average Bonchev–Trinajstić information content (AvgIpc) is 3.42. The Morgan fingerprint density at radius 3 is 2.24 bits per heavy atom. The third-order valence-corrected chi connectivity index (χ3v) is 8.06. The molecule has 0 saturated heterocycles. The van der Waals surface area contributed by atoms with Crippen molar-refractivity contribution in [2.45, 2.75) is 57.5 Å². The minimum absolute atomic E-state index is 0.0550. The molecule has 0 unspecified atom stereocenters. The van der Waals surface area contributed by atoms with E-state index in [9.17, 15) is 9.59 Å². The third kappa shape index (κ3) is 6.08. The van der Waals surface area contributed by atoms with E-state index in [4.69, 9.17) is 14.2 Å². The summed E-state index contributed by atoms with van der Waals surface area (Å²) < 4.78 is 16.9. The summed E-state index contributed by atoms with van der Waals surface area (Å²) in [5.74, 6) is 0.790. The maximum absolute atomic E-state index is 14.4. The van der Waals surface area contributed by atoms with Crippen LogP contribution >= 0.6 is 0 Å². The second-order valence-corrected chi connectivity index (χ2v) is 10.8. The van der Waals surface area contributed by atoms with Gasteiger partial charge in [-0.3, -0.25) is 14.5 Å². The van der Waals surface area contributed by atoms with Gasteiger partial charge in [-0.25, -0.2) is 0 Å². The monoisotopic (exact) mass is 569 g/mol. The Balaban J connectivity index is 1.64. The Hall–Kier alpha value is -4.46. The lowest BCUT2D eigenvalue weighted by molar-refractivity contribution is -0.127. The number of ether oxygens (including phenoxy) is 3. The van der Waals surface area contributed by atoms with Gasteiger partial charge in [-0.1, -0.05) is 55.2 Å². The van der Waals surface area contributed by atoms with Crippen molar-refractivity contribution < 1.29 is 23.8 Å². The van der Waals surface area contributed by atoms with E-state index in [2.05, 4.69) is 10.3 Å². The third-order valence-electron chi connectivity index (χ3n) is 8.06. The molecule has 4 aromatic rings. The summed E-state index contributed by atoms with van der Waals surface area (Å²) in [6.45, 7) is 1.99. The van der Waals surface area contributed by atoms with Crippen molar-refractivity contribution in [2.24, 2.45) is 0 Å². The molecule has 8 nitrogen and oxygen atoms in total. The van der Waals surface area contributed by atoms with Crippen molar-refractivity contribution in [3.05, 3.63) is 83.6 Å². The van der Waals surface area contributed by atoms with E-state index in [1.54, 1.807) is 17.0 Å². The molecule has 0 aliphatic heterocycles. The zero-order chi connectivity index (χ0) is 29.6. The van der Waals surface area contributed by atoms with Crippen LogP contribution in [-0.4, -0.2) is 44.2 Å². The van der Waals surface area contributed by atoms with Gasteiger partial charge in [0, 0.05) is 28.8 Å². The van der Waals surface area contributed by atoms with Crippen LogP contribution in [0.2, 0.25) is 0 Å². The van der Waals surface area contributed by atoms with Crippen molar-refractivity contribution in [2.75, 3.05) is 26.2 Å². The maximum atomic E-state index is 14.4. The van der Waals surface area contributed by atoms with E-state index in [0.717, 1.165) is 47.7 Å². The first-order valence-electron chi connectivity index (χ1n) is 14.5. The zero-order valence-corrected chi connectivity index (χ0v) is 24.7. The number of benzene rings is 3. The van der Waals surface area contributed by atoms with Gasteiger partial charge in [-0.2, -0.15) is 0 Å². The minimum Gasteiger partial charge on any atom is -0.493 e. The molecule has 42 heavy (non-hydrogen) atoms. The van der Waals surface area contributed by atoms with Crippen LogP contribution in [0.4, 0.5) is 5.69 Å². The summed E-state index contributed by atoms with van der Waals surface area (Å²) in [5, 5.41) is 4.25. The molecule has 0 spiro atoms. The number of amides is 2. The summed E-state index contributed by atoms with van der Waals surface area (Å²) in [6, 6.07) is 18.2. The lowest BCUT2D eigenvalue weighted by atomic mass is 9.94. The smallest absolute Gasteiger partial charge is 0.248 e. The molecule has 1 saturated carbocycles. The number of aromatic nitrogens is 1. The molecule has 1 fully saturated rings. The Morgan fingerprint density at radius 2 is 1.60 bits per heavy atom. The van der Waals surface area contributed by atoms with Crippen molar-refractivity contribution >= 4 is 28.4 Å². The van der Waals surface area contributed by atoms with Gasteiger partial charge in [-0.05, 0) is 61.2 Å². The standard InChI is InChI=1S/C34H39N3O5/c1-22-14-16-26(17-15-22)37(31(38)20-24-21-35-28-13-9-8-12-27(24)28)32(34(39)36-25-10-6-5-7-11-25)23-18-29(40-2)33(42-4)30(19-23)41-3/h8-9,12-19,21,25,32,35H,5-7,10-11,20H2,1-4H3,(H,36,39)/t32-/m1/s1. The first kappa shape index (κ1) is 29.0. The number of methoxy groups -OCH3 is 3. The zero-order valence-electron chi connectivity index (χ0n) is 24.7. The van der Waals surface area contributed by atoms with Crippen molar-refractivity contribution in [1.82, 2.24) is 10.3 Å². The molecular weight excluding hydrogens is 530 g/mol. The molecule has 0 radical (unpaired) electrons. The van der Waals surface area contributed by atoms with Crippen LogP contribution in [0.3, 0.4) is 0 Å². The highest BCUT2D eigenvalue weighted by atomic mass is 16.5. The Kier molecular flexibility index (Phi) is 9.00. The average molecular weight is 570 g/mol. The molecule has 2 amide bonds. The van der Waals surface area contributed by atoms with Gasteiger partial charge in [0.2, 0.25) is 17.6 Å². The van der Waals surface area contributed by atoms with Gasteiger partial charge < -0.3 is 24.5 Å². The predicted molar refractivity (Wildman–Crippen MR) is 165 cm³/mol. The quantitative estimate of drug-likeness (QED) is 0.235. The van der Waals surface area contributed by atoms with Crippen LogP contribution in [0.15, 0.2) is 66.9 Å². The molecule has 1 heterocycles. The molecule has 1 aromatic heterocycles. The van der Waals surface area contributed by atoms with Crippen LogP contribution < -0.4 is 24.4 Å². The van der Waals surface area contributed by atoms with Crippen LogP contribution in [0.25, 0.3) is 10.9 Å². The van der Waals surface area contributed by atoms with Gasteiger partial charge >= 0.3 is 0 Å². The number of hydrogen-bond acceptors (Lipinski definition) is 5. The van der Waals surface area contributed by atoms with Gasteiger partial charge in [0.05, 0.1) is 27.8 Å². The highest BCUT2D eigenvalue weighted by Gasteiger charge is 2.36. The second-order valence-electron chi connectivity index (χ2n) is 10.8. The second kappa shape index (κ2) is 13.0. The first-order valence-corrected chi connectivity index (χ1v) is 14.5. The van der Waals surface area contributed by atoms with Crippen LogP contribution in [-0.2, 0) is 16.0 Å². The Morgan fingerprint density at radius 1 is 0.929 bits per heavy atom. The number of aryl methyl sites for hydroxylation is 1. The lowest BCUT2D eigenvalue weighted by Crippen LogP contribution is -2.47. The maximum Gasteiger partial charge on any atom is 0.248 e. The molecule has 1 aliphatic rings. The van der Waals surface area contributed by atoms with E-state index >= 15 is 0 Å².